The Morgan fingerprint density at radius 3 is 2.64 bits per heavy atom. The van der Waals surface area contributed by atoms with Crippen molar-refractivity contribution < 1.29 is 9.53 Å². The van der Waals surface area contributed by atoms with Gasteiger partial charge in [0.05, 0.1) is 11.4 Å². The van der Waals surface area contributed by atoms with E-state index in [1.807, 2.05) is 23.9 Å². The van der Waals surface area contributed by atoms with Crippen LogP contribution in [0.4, 0.5) is 5.95 Å². The maximum absolute atomic E-state index is 12.7. The molecule has 148 valence electrons. The Kier molecular flexibility index (Phi) is 5.31. The minimum Gasteiger partial charge on any atom is -0.368 e. The molecule has 2 aliphatic heterocycles. The van der Waals surface area contributed by atoms with Gasteiger partial charge in [-0.3, -0.25) is 4.79 Å². The summed E-state index contributed by atoms with van der Waals surface area (Å²) in [6.07, 6.45) is 2.50. The first-order valence-corrected chi connectivity index (χ1v) is 10.0. The van der Waals surface area contributed by atoms with E-state index in [1.165, 1.54) is 5.56 Å². The van der Waals surface area contributed by atoms with Crippen molar-refractivity contribution in [3.63, 3.8) is 0 Å². The van der Waals surface area contributed by atoms with Crippen LogP contribution >= 0.6 is 0 Å². The number of likely N-dealkylation sites (tertiary alicyclic amines) is 1. The summed E-state index contributed by atoms with van der Waals surface area (Å²) >= 11 is 0. The first-order valence-electron chi connectivity index (χ1n) is 10.0. The van der Waals surface area contributed by atoms with E-state index < -0.39 is 0 Å². The number of rotatable bonds is 4. The van der Waals surface area contributed by atoms with Crippen LogP contribution in [-0.2, 0) is 9.53 Å². The molecule has 0 bridgehead atoms. The third-order valence-corrected chi connectivity index (χ3v) is 5.60. The second kappa shape index (κ2) is 7.87. The monoisotopic (exact) mass is 380 g/mol. The fourth-order valence-electron chi connectivity index (χ4n) is 3.91. The summed E-state index contributed by atoms with van der Waals surface area (Å²) in [5, 5.41) is 0. The Labute approximate surface area is 166 Å². The van der Waals surface area contributed by atoms with Crippen molar-refractivity contribution in [2.24, 2.45) is 0 Å². The van der Waals surface area contributed by atoms with Crippen molar-refractivity contribution in [1.82, 2.24) is 14.9 Å². The number of hydrogen-bond acceptors (Lipinski definition) is 5. The van der Waals surface area contributed by atoms with E-state index in [1.54, 1.807) is 0 Å². The van der Waals surface area contributed by atoms with Gasteiger partial charge < -0.3 is 14.5 Å². The van der Waals surface area contributed by atoms with Crippen molar-refractivity contribution >= 4 is 11.9 Å². The molecule has 3 heterocycles. The highest BCUT2D eigenvalue weighted by Crippen LogP contribution is 2.31. The zero-order valence-corrected chi connectivity index (χ0v) is 16.9. The average molecular weight is 380 g/mol. The van der Waals surface area contributed by atoms with Gasteiger partial charge >= 0.3 is 0 Å². The number of amides is 1. The topological polar surface area (TPSA) is 58.6 Å². The Hall–Kier alpha value is -2.47. The van der Waals surface area contributed by atoms with Crippen molar-refractivity contribution in [2.45, 2.75) is 38.2 Å². The Bertz CT molecular complexity index is 844. The second-order valence-electron chi connectivity index (χ2n) is 8.01. The smallest absolute Gasteiger partial charge is 0.251 e. The largest absolute Gasteiger partial charge is 0.368 e. The summed E-state index contributed by atoms with van der Waals surface area (Å²) in [5.74, 6) is 1.08. The molecule has 2 fully saturated rings. The Morgan fingerprint density at radius 2 is 1.96 bits per heavy atom. The summed E-state index contributed by atoms with van der Waals surface area (Å²) in [6, 6.07) is 10.5. The van der Waals surface area contributed by atoms with Crippen LogP contribution in [0.3, 0.4) is 0 Å². The lowest BCUT2D eigenvalue weighted by molar-refractivity contribution is -0.139. The molecule has 0 N–H and O–H groups in total. The highest BCUT2D eigenvalue weighted by atomic mass is 16.5. The van der Waals surface area contributed by atoms with E-state index in [2.05, 4.69) is 37.3 Å². The van der Waals surface area contributed by atoms with Crippen LogP contribution in [0.5, 0.6) is 0 Å². The number of carbonyl (C=O) groups is 1. The fourth-order valence-corrected chi connectivity index (χ4v) is 3.91. The van der Waals surface area contributed by atoms with E-state index >= 15 is 0 Å². The molecule has 0 aliphatic carbocycles. The molecule has 2 saturated heterocycles. The highest BCUT2D eigenvalue weighted by Gasteiger charge is 2.34. The van der Waals surface area contributed by atoms with Crippen LogP contribution in [0.1, 0.15) is 36.4 Å². The van der Waals surface area contributed by atoms with Crippen molar-refractivity contribution in [3.05, 3.63) is 41.6 Å². The first-order chi connectivity index (χ1) is 13.5. The van der Waals surface area contributed by atoms with Gasteiger partial charge in [-0.2, -0.15) is 0 Å². The van der Waals surface area contributed by atoms with Gasteiger partial charge in [-0.1, -0.05) is 29.8 Å². The van der Waals surface area contributed by atoms with E-state index in [0.29, 0.717) is 19.1 Å². The minimum atomic E-state index is -0.246. The normalized spacial score (nSPS) is 21.9. The Balaban J connectivity index is 1.58. The van der Waals surface area contributed by atoms with E-state index in [4.69, 9.17) is 14.7 Å². The van der Waals surface area contributed by atoms with Crippen LogP contribution in [0.25, 0.3) is 11.3 Å². The molecule has 1 aromatic carbocycles. The molecule has 0 unspecified atom stereocenters. The lowest BCUT2D eigenvalue weighted by atomic mass is 10.0. The second-order valence-corrected chi connectivity index (χ2v) is 8.01. The van der Waals surface area contributed by atoms with Gasteiger partial charge in [-0.05, 0) is 32.3 Å². The molecule has 1 aromatic heterocycles. The average Bonchev–Trinajstić information content (AvgIpc) is 3.40. The molecule has 0 radical (unpaired) electrons. The lowest BCUT2D eigenvalue weighted by Crippen LogP contribution is -2.37. The van der Waals surface area contributed by atoms with Gasteiger partial charge in [0.25, 0.3) is 5.91 Å². The van der Waals surface area contributed by atoms with E-state index in [9.17, 15) is 4.79 Å². The van der Waals surface area contributed by atoms with Crippen molar-refractivity contribution in [2.75, 3.05) is 38.7 Å². The van der Waals surface area contributed by atoms with Crippen LogP contribution in [0, 0.1) is 6.92 Å². The molecule has 0 spiro atoms. The number of benzene rings is 1. The number of nitrogens with zero attached hydrogens (tertiary/aromatic N) is 4. The molecule has 6 heteroatoms. The summed E-state index contributed by atoms with van der Waals surface area (Å²) in [6.45, 7) is 4.25. The molecule has 2 atom stereocenters. The third-order valence-electron chi connectivity index (χ3n) is 5.60. The predicted molar refractivity (Wildman–Crippen MR) is 109 cm³/mol. The highest BCUT2D eigenvalue weighted by molar-refractivity contribution is 5.81. The van der Waals surface area contributed by atoms with Crippen molar-refractivity contribution in [3.8, 4) is 11.3 Å². The quantitative estimate of drug-likeness (QED) is 0.816. The van der Waals surface area contributed by atoms with Crippen LogP contribution in [-0.4, -0.2) is 60.7 Å². The van der Waals surface area contributed by atoms with Gasteiger partial charge in [-0.15, -0.1) is 0 Å². The third kappa shape index (κ3) is 3.87. The summed E-state index contributed by atoms with van der Waals surface area (Å²) in [5.41, 5.74) is 4.25. The molecule has 28 heavy (non-hydrogen) atoms. The molecule has 6 nitrogen and oxygen atoms in total. The van der Waals surface area contributed by atoms with Gasteiger partial charge in [0, 0.05) is 45.3 Å². The predicted octanol–water partition coefficient (Wildman–Crippen LogP) is 3.01. The van der Waals surface area contributed by atoms with Gasteiger partial charge in [0.1, 0.15) is 6.10 Å². The number of aryl methyl sites for hydroxylation is 1. The molecule has 2 aliphatic rings. The lowest BCUT2D eigenvalue weighted by Gasteiger charge is -2.20. The zero-order valence-electron chi connectivity index (χ0n) is 16.9. The maximum Gasteiger partial charge on any atom is 0.251 e. The molecule has 1 amide bonds. The molecule has 4 rings (SSSR count). The molecule has 2 aromatic rings. The zero-order chi connectivity index (χ0) is 19.7. The number of ether oxygens (including phenoxy) is 1. The van der Waals surface area contributed by atoms with E-state index in [-0.39, 0.29) is 17.9 Å². The van der Waals surface area contributed by atoms with Crippen LogP contribution in [0.2, 0.25) is 0 Å². The molecular weight excluding hydrogens is 352 g/mol. The van der Waals surface area contributed by atoms with Crippen molar-refractivity contribution in [1.29, 1.82) is 0 Å². The van der Waals surface area contributed by atoms with E-state index in [0.717, 1.165) is 42.8 Å². The van der Waals surface area contributed by atoms with Crippen LogP contribution < -0.4 is 4.90 Å². The van der Waals surface area contributed by atoms with Gasteiger partial charge in [0.2, 0.25) is 5.95 Å². The first kappa shape index (κ1) is 18.9. The number of anilines is 1. The summed E-state index contributed by atoms with van der Waals surface area (Å²) in [4.78, 5) is 26.1. The molecular formula is C22H28N4O2. The number of carbonyl (C=O) groups excluding carboxylic acids is 1. The number of hydrogen-bond donors (Lipinski definition) is 0. The van der Waals surface area contributed by atoms with Crippen LogP contribution in [0.15, 0.2) is 30.3 Å². The molecule has 0 saturated carbocycles. The maximum atomic E-state index is 12.7. The van der Waals surface area contributed by atoms with Gasteiger partial charge in [0.15, 0.2) is 0 Å². The Morgan fingerprint density at radius 1 is 1.18 bits per heavy atom. The summed E-state index contributed by atoms with van der Waals surface area (Å²) in [7, 11) is 3.92. The fraction of sp³-hybridized carbons (Fsp3) is 0.500. The van der Waals surface area contributed by atoms with Gasteiger partial charge in [-0.25, -0.2) is 9.97 Å². The SMILES string of the molecule is Cc1ccc(-c2cc([C@H]3CCN(C(=O)[C@H]4CCCO4)C3)nc(N(C)C)n2)cc1. The minimum absolute atomic E-state index is 0.139. The summed E-state index contributed by atoms with van der Waals surface area (Å²) < 4.78 is 5.58. The standard InChI is InChI=1S/C22H28N4O2/c1-15-6-8-16(9-7-15)18-13-19(24-22(23-18)25(2)3)17-10-11-26(14-17)21(27)20-5-4-12-28-20/h6-9,13,17,20H,4-5,10-12,14H2,1-3H3/t17-,20+/m0/s1. The number of aromatic nitrogens is 2.